The van der Waals surface area contributed by atoms with E-state index in [0.29, 0.717) is 32.2 Å². The molecule has 150 valence electrons. The molecule has 1 heterocycles. The predicted molar refractivity (Wildman–Crippen MR) is 104 cm³/mol. The average Bonchev–Trinajstić information content (AvgIpc) is 2.63. The van der Waals surface area contributed by atoms with Crippen LogP contribution < -0.4 is 5.32 Å². The van der Waals surface area contributed by atoms with Crippen LogP contribution in [0.15, 0.2) is 23.1 Å². The van der Waals surface area contributed by atoms with Crippen LogP contribution in [0.5, 0.6) is 0 Å². The van der Waals surface area contributed by atoms with Gasteiger partial charge in [-0.25, -0.2) is 8.42 Å². The molecule has 2 N–H and O–H groups in total. The van der Waals surface area contributed by atoms with E-state index in [9.17, 15) is 18.3 Å². The summed E-state index contributed by atoms with van der Waals surface area (Å²) in [4.78, 5) is 12.5. The third-order valence-corrected chi connectivity index (χ3v) is 8.14. The highest BCUT2D eigenvalue weighted by Gasteiger charge is 2.36. The van der Waals surface area contributed by atoms with E-state index >= 15 is 0 Å². The minimum Gasteiger partial charge on any atom is -0.393 e. The zero-order chi connectivity index (χ0) is 19.6. The van der Waals surface area contributed by atoms with E-state index in [-0.39, 0.29) is 39.5 Å². The fourth-order valence-electron chi connectivity index (χ4n) is 3.77. The number of hydrogen-bond acceptors (Lipinski definition) is 4. The molecule has 1 atom stereocenters. The summed E-state index contributed by atoms with van der Waals surface area (Å²) < 4.78 is 27.3. The standard InChI is InChI=1S/C18H24Cl2N2O4S/c19-15-4-1-5-16(20)17(15)27(25,26)22-10-2-3-12(11-22)18(24)21-13-6-8-14(23)9-7-13/h1,4-5,12-14,23H,2-3,6-11H2,(H,21,24). The summed E-state index contributed by atoms with van der Waals surface area (Å²) in [5.41, 5.74) is 0. The maximum atomic E-state index is 13.0. The van der Waals surface area contributed by atoms with E-state index < -0.39 is 15.9 Å². The number of aliphatic hydroxyl groups is 1. The van der Waals surface area contributed by atoms with Gasteiger partial charge < -0.3 is 10.4 Å². The van der Waals surface area contributed by atoms with Crippen molar-refractivity contribution < 1.29 is 18.3 Å². The fourth-order valence-corrected chi connectivity index (χ4v) is 6.39. The molecule has 2 aliphatic rings. The molecule has 27 heavy (non-hydrogen) atoms. The van der Waals surface area contributed by atoms with Gasteiger partial charge in [-0.15, -0.1) is 0 Å². The zero-order valence-corrected chi connectivity index (χ0v) is 17.2. The lowest BCUT2D eigenvalue weighted by molar-refractivity contribution is -0.127. The molecule has 0 radical (unpaired) electrons. The lowest BCUT2D eigenvalue weighted by atomic mass is 9.92. The SMILES string of the molecule is O=C(NC1CCC(O)CC1)C1CCCN(S(=O)(=O)c2c(Cl)cccc2Cl)C1. The molecule has 1 aliphatic heterocycles. The van der Waals surface area contributed by atoms with Gasteiger partial charge in [-0.2, -0.15) is 4.31 Å². The molecule has 3 rings (SSSR count). The molecular formula is C18H24Cl2N2O4S. The molecule has 1 saturated carbocycles. The highest BCUT2D eigenvalue weighted by molar-refractivity contribution is 7.89. The molecule has 0 aromatic heterocycles. The summed E-state index contributed by atoms with van der Waals surface area (Å²) in [6.45, 7) is 0.453. The first-order valence-corrected chi connectivity index (χ1v) is 11.4. The van der Waals surface area contributed by atoms with Crippen molar-refractivity contribution in [3.63, 3.8) is 0 Å². The zero-order valence-electron chi connectivity index (χ0n) is 14.9. The van der Waals surface area contributed by atoms with Crippen LogP contribution in [-0.2, 0) is 14.8 Å². The Morgan fingerprint density at radius 1 is 1.11 bits per heavy atom. The molecule has 2 fully saturated rings. The van der Waals surface area contributed by atoms with Crippen molar-refractivity contribution in [1.82, 2.24) is 9.62 Å². The van der Waals surface area contributed by atoms with E-state index in [1.54, 1.807) is 6.07 Å². The Labute approximate surface area is 169 Å². The van der Waals surface area contributed by atoms with Crippen LogP contribution in [0.3, 0.4) is 0 Å². The van der Waals surface area contributed by atoms with Gasteiger partial charge in [-0.05, 0) is 50.7 Å². The Kier molecular flexibility index (Phi) is 6.69. The van der Waals surface area contributed by atoms with Crippen LogP contribution in [-0.4, -0.2) is 49.0 Å². The van der Waals surface area contributed by atoms with Crippen LogP contribution in [0.25, 0.3) is 0 Å². The summed E-state index contributed by atoms with van der Waals surface area (Å²) in [7, 11) is -3.87. The van der Waals surface area contributed by atoms with Crippen molar-refractivity contribution in [2.75, 3.05) is 13.1 Å². The normalized spacial score (nSPS) is 27.3. The second kappa shape index (κ2) is 8.66. The Morgan fingerprint density at radius 3 is 2.37 bits per heavy atom. The number of carbonyl (C=O) groups is 1. The monoisotopic (exact) mass is 434 g/mol. The number of piperidine rings is 1. The molecule has 6 nitrogen and oxygen atoms in total. The van der Waals surface area contributed by atoms with Crippen molar-refractivity contribution in [2.45, 2.75) is 55.6 Å². The molecule has 1 unspecified atom stereocenters. The average molecular weight is 435 g/mol. The Bertz CT molecular complexity index is 774. The van der Waals surface area contributed by atoms with Crippen molar-refractivity contribution >= 4 is 39.1 Å². The summed E-state index contributed by atoms with van der Waals surface area (Å²) in [5, 5.41) is 12.8. The molecule has 1 aliphatic carbocycles. The fraction of sp³-hybridized carbons (Fsp3) is 0.611. The van der Waals surface area contributed by atoms with Gasteiger partial charge in [0.1, 0.15) is 4.90 Å². The van der Waals surface area contributed by atoms with Gasteiger partial charge in [-0.1, -0.05) is 29.3 Å². The van der Waals surface area contributed by atoms with Gasteiger partial charge in [-0.3, -0.25) is 4.79 Å². The molecule has 1 aromatic carbocycles. The van der Waals surface area contributed by atoms with Gasteiger partial charge in [0.2, 0.25) is 15.9 Å². The highest BCUT2D eigenvalue weighted by atomic mass is 35.5. The first-order valence-electron chi connectivity index (χ1n) is 9.21. The van der Waals surface area contributed by atoms with Gasteiger partial charge in [0.25, 0.3) is 0 Å². The second-order valence-corrected chi connectivity index (χ2v) is 9.96. The van der Waals surface area contributed by atoms with Crippen LogP contribution in [0.4, 0.5) is 0 Å². The highest BCUT2D eigenvalue weighted by Crippen LogP contribution is 2.33. The van der Waals surface area contributed by atoms with Crippen LogP contribution in [0, 0.1) is 5.92 Å². The van der Waals surface area contributed by atoms with Gasteiger partial charge in [0.15, 0.2) is 0 Å². The number of halogens is 2. The number of nitrogens with one attached hydrogen (secondary N) is 1. The first kappa shape index (κ1) is 20.9. The molecule has 0 bridgehead atoms. The van der Waals surface area contributed by atoms with Crippen molar-refractivity contribution in [2.24, 2.45) is 5.92 Å². The van der Waals surface area contributed by atoms with Crippen molar-refractivity contribution in [3.8, 4) is 0 Å². The number of benzene rings is 1. The van der Waals surface area contributed by atoms with E-state index in [0.717, 1.165) is 12.8 Å². The number of amides is 1. The lowest BCUT2D eigenvalue weighted by Crippen LogP contribution is -2.48. The van der Waals surface area contributed by atoms with E-state index in [2.05, 4.69) is 5.32 Å². The lowest BCUT2D eigenvalue weighted by Gasteiger charge is -2.33. The molecule has 1 amide bonds. The van der Waals surface area contributed by atoms with Crippen LogP contribution in [0.2, 0.25) is 10.0 Å². The molecular weight excluding hydrogens is 411 g/mol. The number of nitrogens with zero attached hydrogens (tertiary/aromatic N) is 1. The third kappa shape index (κ3) is 4.77. The van der Waals surface area contributed by atoms with E-state index in [1.807, 2.05) is 0 Å². The minimum absolute atomic E-state index is 0.0471. The molecule has 1 aromatic rings. The van der Waals surface area contributed by atoms with Crippen molar-refractivity contribution in [3.05, 3.63) is 28.2 Å². The largest absolute Gasteiger partial charge is 0.393 e. The van der Waals surface area contributed by atoms with E-state index in [4.69, 9.17) is 23.2 Å². The maximum absolute atomic E-state index is 13.0. The summed E-state index contributed by atoms with van der Waals surface area (Å²) in [6, 6.07) is 4.63. The number of sulfonamides is 1. The number of hydrogen-bond donors (Lipinski definition) is 2. The summed E-state index contributed by atoms with van der Waals surface area (Å²) >= 11 is 12.2. The van der Waals surface area contributed by atoms with Gasteiger partial charge in [0.05, 0.1) is 22.1 Å². The van der Waals surface area contributed by atoms with Gasteiger partial charge >= 0.3 is 0 Å². The third-order valence-electron chi connectivity index (χ3n) is 5.31. The minimum atomic E-state index is -3.87. The molecule has 1 saturated heterocycles. The quantitative estimate of drug-likeness (QED) is 0.762. The smallest absolute Gasteiger partial charge is 0.246 e. The predicted octanol–water partition coefficient (Wildman–Crippen LogP) is 2.81. The number of aliphatic hydroxyl groups excluding tert-OH is 1. The van der Waals surface area contributed by atoms with Crippen molar-refractivity contribution in [1.29, 1.82) is 0 Å². The summed E-state index contributed by atoms with van der Waals surface area (Å²) in [6.07, 6.45) is 3.82. The Morgan fingerprint density at radius 2 is 1.74 bits per heavy atom. The topological polar surface area (TPSA) is 86.7 Å². The van der Waals surface area contributed by atoms with Crippen LogP contribution in [0.1, 0.15) is 38.5 Å². The molecule has 9 heteroatoms. The Balaban J connectivity index is 1.69. The summed E-state index contributed by atoms with van der Waals surface area (Å²) in [5.74, 6) is -0.525. The van der Waals surface area contributed by atoms with E-state index in [1.165, 1.54) is 16.4 Å². The first-order chi connectivity index (χ1) is 12.8. The maximum Gasteiger partial charge on any atom is 0.246 e. The van der Waals surface area contributed by atoms with Crippen LogP contribution >= 0.6 is 23.2 Å². The Hall–Kier alpha value is -0.860. The second-order valence-electron chi connectivity index (χ2n) is 7.27. The number of carbonyl (C=O) groups excluding carboxylic acids is 1. The van der Waals surface area contributed by atoms with Gasteiger partial charge in [0, 0.05) is 19.1 Å². The number of rotatable bonds is 4. The molecule has 0 spiro atoms.